The monoisotopic (exact) mass is 547 g/mol. The van der Waals surface area contributed by atoms with Crippen molar-refractivity contribution in [1.29, 1.82) is 5.26 Å². The number of nitriles is 1. The lowest BCUT2D eigenvalue weighted by Gasteiger charge is -2.29. The molecule has 2 aromatic rings. The van der Waals surface area contributed by atoms with Gasteiger partial charge in [-0.3, -0.25) is 14.5 Å². The number of nitrogens with zero attached hydrogens (tertiary/aromatic N) is 3. The van der Waals surface area contributed by atoms with Crippen molar-refractivity contribution in [2.45, 2.75) is 57.7 Å². The maximum atomic E-state index is 13.5. The molecule has 0 saturated carbocycles. The third kappa shape index (κ3) is 6.61. The molecule has 3 rings (SSSR count). The Labute approximate surface area is 224 Å². The largest absolute Gasteiger partial charge is 0.494 e. The Morgan fingerprint density at radius 2 is 1.89 bits per heavy atom. The number of thiocarbonyl (C=S) groups is 1. The van der Waals surface area contributed by atoms with Gasteiger partial charge in [-0.1, -0.05) is 12.1 Å². The maximum absolute atomic E-state index is 13.5. The van der Waals surface area contributed by atoms with Gasteiger partial charge in [-0.15, -0.1) is 0 Å². The number of carboxylic acids is 1. The molecule has 0 atom stereocenters. The molecule has 1 saturated heterocycles. The molecule has 1 aliphatic heterocycles. The Hall–Kier alpha value is -3.65. The van der Waals surface area contributed by atoms with E-state index >= 15 is 0 Å². The highest BCUT2D eigenvalue weighted by molar-refractivity contribution is 7.80. The molecule has 38 heavy (non-hydrogen) atoms. The Bertz CT molecular complexity index is 1260. The number of ether oxygens (including phenoxy) is 1. The number of carbonyl (C=O) groups is 2. The van der Waals surface area contributed by atoms with Crippen molar-refractivity contribution in [2.24, 2.45) is 0 Å². The zero-order valence-corrected chi connectivity index (χ0v) is 21.9. The zero-order valence-electron chi connectivity index (χ0n) is 21.0. The molecule has 0 aliphatic carbocycles. The van der Waals surface area contributed by atoms with Gasteiger partial charge in [0.1, 0.15) is 11.3 Å². The fourth-order valence-electron chi connectivity index (χ4n) is 4.25. The van der Waals surface area contributed by atoms with Crippen molar-refractivity contribution in [3.63, 3.8) is 0 Å². The Balaban J connectivity index is 1.63. The molecule has 0 spiro atoms. The molecule has 202 valence electrons. The van der Waals surface area contributed by atoms with Crippen LogP contribution < -0.4 is 9.64 Å². The molecule has 0 unspecified atom stereocenters. The van der Waals surface area contributed by atoms with Crippen LogP contribution in [0.5, 0.6) is 5.75 Å². The van der Waals surface area contributed by atoms with Gasteiger partial charge in [0.05, 0.1) is 29.5 Å². The topological polar surface area (TPSA) is 93.9 Å². The van der Waals surface area contributed by atoms with Crippen molar-refractivity contribution in [2.75, 3.05) is 18.1 Å². The predicted molar refractivity (Wildman–Crippen MR) is 139 cm³/mol. The van der Waals surface area contributed by atoms with Gasteiger partial charge in [0.15, 0.2) is 5.11 Å². The zero-order chi connectivity index (χ0) is 28.1. The van der Waals surface area contributed by atoms with Crippen LogP contribution in [0.4, 0.5) is 18.9 Å². The van der Waals surface area contributed by atoms with E-state index in [1.165, 1.54) is 12.1 Å². The first kappa shape index (κ1) is 28.9. The molecule has 11 heteroatoms. The quantitative estimate of drug-likeness (QED) is 0.291. The SMILES string of the molecule is CC1(C)C(=O)N(c2ccc(C#N)c(C(F)(F)F)c2)C(=S)N1CCCCc1cccc(OCCCC(=O)O)c1. The summed E-state index contributed by atoms with van der Waals surface area (Å²) in [5, 5.41) is 17.9. The van der Waals surface area contributed by atoms with Gasteiger partial charge in [-0.25, -0.2) is 0 Å². The van der Waals surface area contributed by atoms with Crippen molar-refractivity contribution >= 4 is 34.9 Å². The highest BCUT2D eigenvalue weighted by atomic mass is 32.1. The van der Waals surface area contributed by atoms with Crippen LogP contribution in [0.2, 0.25) is 0 Å². The number of hydrogen-bond acceptors (Lipinski definition) is 5. The predicted octanol–water partition coefficient (Wildman–Crippen LogP) is 5.56. The minimum absolute atomic E-state index is 0.0259. The van der Waals surface area contributed by atoms with Crippen molar-refractivity contribution in [3.05, 3.63) is 59.2 Å². The van der Waals surface area contributed by atoms with Crippen LogP contribution in [0.3, 0.4) is 0 Å². The smallest absolute Gasteiger partial charge is 0.417 e. The summed E-state index contributed by atoms with van der Waals surface area (Å²) < 4.78 is 46.0. The number of unbranched alkanes of at least 4 members (excludes halogenated alkanes) is 1. The van der Waals surface area contributed by atoms with Crippen molar-refractivity contribution in [1.82, 2.24) is 4.90 Å². The average Bonchev–Trinajstić information content (AvgIpc) is 3.02. The highest BCUT2D eigenvalue weighted by Gasteiger charge is 2.49. The van der Waals surface area contributed by atoms with Gasteiger partial charge in [0, 0.05) is 13.0 Å². The second kappa shape index (κ2) is 11.8. The summed E-state index contributed by atoms with van der Waals surface area (Å²) >= 11 is 5.53. The van der Waals surface area contributed by atoms with Crippen LogP contribution in [0.15, 0.2) is 42.5 Å². The van der Waals surface area contributed by atoms with E-state index in [-0.39, 0.29) is 17.2 Å². The molecule has 1 N–H and O–H groups in total. The van der Waals surface area contributed by atoms with E-state index in [1.54, 1.807) is 18.7 Å². The molecule has 0 radical (unpaired) electrons. The number of carboxylic acid groups (broad SMARTS) is 1. The number of aryl methyl sites for hydroxylation is 1. The molecule has 2 aromatic carbocycles. The molecular weight excluding hydrogens is 519 g/mol. The number of carbonyl (C=O) groups excluding carboxylic acids is 1. The average molecular weight is 548 g/mol. The van der Waals surface area contributed by atoms with Gasteiger partial charge in [-0.05, 0) is 87.6 Å². The van der Waals surface area contributed by atoms with E-state index < -0.39 is 34.7 Å². The second-order valence-corrected chi connectivity index (χ2v) is 9.79. The lowest BCUT2D eigenvalue weighted by atomic mass is 10.0. The number of alkyl halides is 3. The summed E-state index contributed by atoms with van der Waals surface area (Å²) in [6.07, 6.45) is -2.11. The van der Waals surface area contributed by atoms with E-state index in [9.17, 15) is 22.8 Å². The summed E-state index contributed by atoms with van der Waals surface area (Å²) in [6.45, 7) is 4.11. The summed E-state index contributed by atoms with van der Waals surface area (Å²) in [4.78, 5) is 26.6. The van der Waals surface area contributed by atoms with E-state index in [0.29, 0.717) is 31.7 Å². The fraction of sp³-hybridized carbons (Fsp3) is 0.407. The van der Waals surface area contributed by atoms with Gasteiger partial charge in [0.25, 0.3) is 5.91 Å². The number of rotatable bonds is 11. The van der Waals surface area contributed by atoms with Crippen LogP contribution in [-0.4, -0.2) is 45.7 Å². The lowest BCUT2D eigenvalue weighted by molar-refractivity contribution is -0.138. The fourth-order valence-corrected chi connectivity index (χ4v) is 4.75. The number of aliphatic carboxylic acids is 1. The maximum Gasteiger partial charge on any atom is 0.417 e. The number of benzene rings is 2. The van der Waals surface area contributed by atoms with E-state index in [2.05, 4.69) is 0 Å². The Morgan fingerprint density at radius 1 is 1.16 bits per heavy atom. The Kier molecular flexibility index (Phi) is 8.99. The van der Waals surface area contributed by atoms with Crippen LogP contribution in [0.25, 0.3) is 0 Å². The number of hydrogen-bond donors (Lipinski definition) is 1. The van der Waals surface area contributed by atoms with Crippen LogP contribution in [0.1, 0.15) is 56.2 Å². The van der Waals surface area contributed by atoms with Gasteiger partial charge in [-0.2, -0.15) is 18.4 Å². The van der Waals surface area contributed by atoms with Crippen LogP contribution in [0, 0.1) is 11.3 Å². The molecule has 0 bridgehead atoms. The molecule has 1 aliphatic rings. The Morgan fingerprint density at radius 3 is 2.55 bits per heavy atom. The minimum atomic E-state index is -4.75. The van der Waals surface area contributed by atoms with Crippen LogP contribution >= 0.6 is 12.2 Å². The van der Waals surface area contributed by atoms with Crippen LogP contribution in [-0.2, 0) is 22.2 Å². The number of halogens is 3. The van der Waals surface area contributed by atoms with E-state index in [1.807, 2.05) is 24.3 Å². The first-order chi connectivity index (χ1) is 17.9. The molecule has 7 nitrogen and oxygen atoms in total. The molecule has 1 amide bonds. The molecular formula is C27H28F3N3O4S. The van der Waals surface area contributed by atoms with Gasteiger partial charge in [0.2, 0.25) is 0 Å². The van der Waals surface area contributed by atoms with Gasteiger partial charge >= 0.3 is 12.1 Å². The summed E-state index contributed by atoms with van der Waals surface area (Å²) in [6, 6.07) is 12.2. The second-order valence-electron chi connectivity index (χ2n) is 9.42. The molecule has 1 fully saturated rings. The van der Waals surface area contributed by atoms with Gasteiger partial charge < -0.3 is 14.7 Å². The first-order valence-corrected chi connectivity index (χ1v) is 12.5. The normalized spacial score (nSPS) is 15.1. The standard InChI is InChI=1S/C27H28F3N3O4S/c1-26(2)24(36)33(20-12-11-19(17-31)22(16-20)27(28,29)30)25(38)32(26)13-4-3-7-18-8-5-9-21(15-18)37-14-6-10-23(34)35/h5,8-9,11-12,15-16H,3-4,6-7,10,13-14H2,1-2H3,(H,34,35). The van der Waals surface area contributed by atoms with E-state index in [0.717, 1.165) is 35.4 Å². The summed E-state index contributed by atoms with van der Waals surface area (Å²) in [5.74, 6) is -0.638. The molecule has 0 aromatic heterocycles. The lowest BCUT2D eigenvalue weighted by Crippen LogP contribution is -2.44. The minimum Gasteiger partial charge on any atom is -0.494 e. The summed E-state index contributed by atoms with van der Waals surface area (Å²) in [5.41, 5.74) is -1.67. The van der Waals surface area contributed by atoms with Crippen molar-refractivity contribution in [3.8, 4) is 11.8 Å². The highest BCUT2D eigenvalue weighted by Crippen LogP contribution is 2.38. The summed E-state index contributed by atoms with van der Waals surface area (Å²) in [7, 11) is 0. The third-order valence-corrected chi connectivity index (χ3v) is 6.71. The third-order valence-electron chi connectivity index (χ3n) is 6.31. The van der Waals surface area contributed by atoms with Crippen molar-refractivity contribution < 1.29 is 32.6 Å². The molecule has 1 heterocycles. The van der Waals surface area contributed by atoms with E-state index in [4.69, 9.17) is 27.3 Å². The first-order valence-electron chi connectivity index (χ1n) is 12.1. The number of anilines is 1. The number of amides is 1.